The molecule has 0 unspecified atom stereocenters. The number of para-hydroxylation sites is 2. The van der Waals surface area contributed by atoms with Gasteiger partial charge < -0.3 is 0 Å². The molecule has 1 nitrogen and oxygen atoms in total. The summed E-state index contributed by atoms with van der Waals surface area (Å²) in [6.07, 6.45) is 0. The van der Waals surface area contributed by atoms with E-state index in [9.17, 15) is 0 Å². The SMILES string of the molecule is S=C(SC(=S)N(c1ccccc1)c1ccccc1)Sc1ccc(Cl)cc1. The van der Waals surface area contributed by atoms with Crippen LogP contribution in [0, 0.1) is 0 Å². The lowest BCUT2D eigenvalue weighted by Crippen LogP contribution is -2.21. The highest BCUT2D eigenvalue weighted by molar-refractivity contribution is 8.54. The van der Waals surface area contributed by atoms with E-state index >= 15 is 0 Å². The smallest absolute Gasteiger partial charge is 0.151 e. The van der Waals surface area contributed by atoms with Crippen molar-refractivity contribution in [2.24, 2.45) is 0 Å². The molecule has 0 aliphatic heterocycles. The molecule has 3 rings (SSSR count). The van der Waals surface area contributed by atoms with Crippen LogP contribution in [0.5, 0.6) is 0 Å². The van der Waals surface area contributed by atoms with Crippen LogP contribution in [0.2, 0.25) is 5.02 Å². The van der Waals surface area contributed by atoms with Crippen LogP contribution < -0.4 is 4.90 Å². The van der Waals surface area contributed by atoms with E-state index in [1.54, 1.807) is 0 Å². The Hall–Kier alpha value is -1.37. The second kappa shape index (κ2) is 9.53. The van der Waals surface area contributed by atoms with Crippen molar-refractivity contribution >= 4 is 78.8 Å². The Balaban J connectivity index is 1.77. The lowest BCUT2D eigenvalue weighted by molar-refractivity contribution is 1.39. The van der Waals surface area contributed by atoms with E-state index in [2.05, 4.69) is 0 Å². The van der Waals surface area contributed by atoms with E-state index < -0.39 is 0 Å². The van der Waals surface area contributed by atoms with Crippen molar-refractivity contribution in [3.63, 3.8) is 0 Å². The van der Waals surface area contributed by atoms with Gasteiger partial charge in [0.2, 0.25) is 0 Å². The van der Waals surface area contributed by atoms with Crippen LogP contribution in [0.1, 0.15) is 0 Å². The highest BCUT2D eigenvalue weighted by Gasteiger charge is 2.17. The minimum atomic E-state index is 0.689. The third-order valence-corrected chi connectivity index (χ3v) is 6.28. The molecule has 0 aliphatic rings. The molecule has 0 aromatic heterocycles. The predicted octanol–water partition coefficient (Wildman–Crippen LogP) is 7.57. The molecule has 0 saturated carbocycles. The molecule has 3 aromatic rings. The van der Waals surface area contributed by atoms with E-state index in [-0.39, 0.29) is 0 Å². The first-order chi connectivity index (χ1) is 12.6. The zero-order chi connectivity index (χ0) is 18.4. The number of rotatable bonds is 3. The fourth-order valence-electron chi connectivity index (χ4n) is 2.25. The topological polar surface area (TPSA) is 3.24 Å². The Morgan fingerprint density at radius 3 is 1.73 bits per heavy atom. The monoisotopic (exact) mass is 431 g/mol. The van der Waals surface area contributed by atoms with Crippen LogP contribution >= 0.6 is 59.6 Å². The average Bonchev–Trinajstić information content (AvgIpc) is 2.65. The van der Waals surface area contributed by atoms with Gasteiger partial charge in [0.05, 0.1) is 0 Å². The van der Waals surface area contributed by atoms with Crippen molar-refractivity contribution in [2.75, 3.05) is 4.90 Å². The van der Waals surface area contributed by atoms with Gasteiger partial charge in [-0.05, 0) is 60.3 Å². The molecule has 0 radical (unpaired) electrons. The number of hydrogen-bond acceptors (Lipinski definition) is 4. The van der Waals surface area contributed by atoms with E-state index in [1.807, 2.05) is 89.8 Å². The molecular weight excluding hydrogens is 418 g/mol. The van der Waals surface area contributed by atoms with Gasteiger partial charge in [-0.15, -0.1) is 0 Å². The maximum Gasteiger partial charge on any atom is 0.151 e. The van der Waals surface area contributed by atoms with Crippen LogP contribution in [0.4, 0.5) is 11.4 Å². The van der Waals surface area contributed by atoms with Gasteiger partial charge in [0.15, 0.2) is 4.32 Å². The summed E-state index contributed by atoms with van der Waals surface area (Å²) in [6, 6.07) is 27.7. The van der Waals surface area contributed by atoms with E-state index in [4.69, 9.17) is 36.0 Å². The first-order valence-electron chi connectivity index (χ1n) is 7.73. The van der Waals surface area contributed by atoms with Crippen molar-refractivity contribution in [1.29, 1.82) is 0 Å². The van der Waals surface area contributed by atoms with Crippen LogP contribution in [-0.2, 0) is 0 Å². The Kier molecular flexibility index (Phi) is 7.11. The maximum atomic E-state index is 5.94. The van der Waals surface area contributed by atoms with E-state index in [1.165, 1.54) is 23.5 Å². The summed E-state index contributed by atoms with van der Waals surface area (Å²) in [5.74, 6) is 0. The van der Waals surface area contributed by atoms with Crippen molar-refractivity contribution in [1.82, 2.24) is 0 Å². The number of thiocarbonyl (C=S) groups is 2. The van der Waals surface area contributed by atoms with Gasteiger partial charge in [-0.25, -0.2) is 0 Å². The highest BCUT2D eigenvalue weighted by Crippen LogP contribution is 2.33. The quantitative estimate of drug-likeness (QED) is 0.309. The van der Waals surface area contributed by atoms with Gasteiger partial charge >= 0.3 is 0 Å². The molecule has 0 amide bonds. The zero-order valence-electron chi connectivity index (χ0n) is 13.5. The standard InChI is InChI=1S/C20H14ClNS4/c21-15-11-13-18(14-12-15)25-20(24)26-19(23)22(16-7-3-1-4-8-16)17-9-5-2-6-10-17/h1-14H. The summed E-state index contributed by atoms with van der Waals surface area (Å²) in [5.41, 5.74) is 2.02. The number of benzene rings is 3. The molecule has 0 atom stereocenters. The summed E-state index contributed by atoms with van der Waals surface area (Å²) in [6.45, 7) is 0. The number of thioether (sulfide) groups is 2. The summed E-state index contributed by atoms with van der Waals surface area (Å²) in [5, 5.41) is 0.711. The molecule has 130 valence electrons. The molecule has 0 heterocycles. The normalized spacial score (nSPS) is 10.3. The van der Waals surface area contributed by atoms with Crippen LogP contribution in [0.15, 0.2) is 89.8 Å². The minimum absolute atomic E-state index is 0.689. The summed E-state index contributed by atoms with van der Waals surface area (Å²) < 4.78 is 1.43. The Bertz CT molecular complexity index is 843. The van der Waals surface area contributed by atoms with Crippen molar-refractivity contribution in [3.05, 3.63) is 90.0 Å². The van der Waals surface area contributed by atoms with Gasteiger partial charge in [0, 0.05) is 21.3 Å². The number of hydrogen-bond donors (Lipinski definition) is 0. The largest absolute Gasteiger partial charge is 0.296 e. The average molecular weight is 432 g/mol. The highest BCUT2D eigenvalue weighted by atomic mass is 35.5. The molecule has 0 aliphatic carbocycles. The van der Waals surface area contributed by atoms with Crippen LogP contribution in [0.25, 0.3) is 0 Å². The van der Waals surface area contributed by atoms with Crippen LogP contribution in [0.3, 0.4) is 0 Å². The van der Waals surface area contributed by atoms with Gasteiger partial charge in [-0.3, -0.25) is 4.90 Å². The van der Waals surface area contributed by atoms with E-state index in [0.717, 1.165) is 19.8 Å². The third kappa shape index (κ3) is 5.32. The summed E-state index contributed by atoms with van der Waals surface area (Å²) in [7, 11) is 0. The van der Waals surface area contributed by atoms with Crippen LogP contribution in [-0.4, -0.2) is 7.85 Å². The first kappa shape index (κ1) is 19.4. The second-order valence-corrected chi connectivity index (χ2v) is 9.53. The molecule has 26 heavy (non-hydrogen) atoms. The molecule has 0 saturated heterocycles. The Morgan fingerprint density at radius 2 is 1.23 bits per heavy atom. The molecule has 6 heteroatoms. The molecular formula is C20H14ClNS4. The molecule has 3 aromatic carbocycles. The van der Waals surface area contributed by atoms with Crippen molar-refractivity contribution in [3.8, 4) is 0 Å². The number of nitrogens with zero attached hydrogens (tertiary/aromatic N) is 1. The molecule has 0 N–H and O–H groups in total. The molecule has 0 spiro atoms. The van der Waals surface area contributed by atoms with Gasteiger partial charge in [-0.1, -0.05) is 84.2 Å². The summed E-state index contributed by atoms with van der Waals surface area (Å²) in [4.78, 5) is 3.08. The summed E-state index contributed by atoms with van der Waals surface area (Å²) >= 11 is 20.1. The van der Waals surface area contributed by atoms with Gasteiger partial charge in [0.25, 0.3) is 0 Å². The maximum absolute atomic E-state index is 5.94. The van der Waals surface area contributed by atoms with Crippen molar-refractivity contribution in [2.45, 2.75) is 4.90 Å². The Morgan fingerprint density at radius 1 is 0.731 bits per heavy atom. The lowest BCUT2D eigenvalue weighted by atomic mass is 10.2. The Labute approximate surface area is 177 Å². The fourth-order valence-corrected chi connectivity index (χ4v) is 5.28. The molecule has 0 fully saturated rings. The number of halogens is 1. The van der Waals surface area contributed by atoms with Gasteiger partial charge in [0.1, 0.15) is 3.53 Å². The minimum Gasteiger partial charge on any atom is -0.296 e. The fraction of sp³-hybridized carbons (Fsp3) is 0. The van der Waals surface area contributed by atoms with Crippen molar-refractivity contribution < 1.29 is 0 Å². The predicted molar refractivity (Wildman–Crippen MR) is 125 cm³/mol. The zero-order valence-corrected chi connectivity index (χ0v) is 17.6. The van der Waals surface area contributed by atoms with E-state index in [0.29, 0.717) is 9.34 Å². The van der Waals surface area contributed by atoms with Gasteiger partial charge in [-0.2, -0.15) is 0 Å². The molecule has 0 bridgehead atoms. The number of anilines is 2. The second-order valence-electron chi connectivity index (χ2n) is 5.18. The lowest BCUT2D eigenvalue weighted by Gasteiger charge is -2.25. The first-order valence-corrected chi connectivity index (χ1v) is 10.6. The third-order valence-electron chi connectivity index (χ3n) is 3.40.